The van der Waals surface area contributed by atoms with E-state index in [9.17, 15) is 8.42 Å². The predicted octanol–water partition coefficient (Wildman–Crippen LogP) is 6.37. The van der Waals surface area contributed by atoms with Crippen LogP contribution in [0.5, 0.6) is 0 Å². The van der Waals surface area contributed by atoms with Gasteiger partial charge in [0.25, 0.3) is 10.0 Å². The van der Waals surface area contributed by atoms with Gasteiger partial charge in [0.1, 0.15) is 11.3 Å². The lowest BCUT2D eigenvalue weighted by Crippen LogP contribution is -2.25. The van der Waals surface area contributed by atoms with Crippen LogP contribution in [0, 0.1) is 13.8 Å². The molecule has 4 aromatic rings. The molecule has 1 aliphatic rings. The Labute approximate surface area is 192 Å². The van der Waals surface area contributed by atoms with Crippen LogP contribution in [0.4, 0.5) is 0 Å². The molecule has 0 atom stereocenters. The minimum absolute atomic E-state index is 0.221. The Balaban J connectivity index is 1.72. The number of aromatic nitrogens is 1. The van der Waals surface area contributed by atoms with E-state index in [0.29, 0.717) is 4.80 Å². The first kappa shape index (κ1) is 21.2. The lowest BCUT2D eigenvalue weighted by molar-refractivity contribution is 0.351. The molecule has 0 amide bonds. The molecule has 1 saturated carbocycles. The van der Waals surface area contributed by atoms with Crippen LogP contribution in [-0.2, 0) is 10.0 Å². The number of sulfonamides is 1. The number of para-hydroxylation sites is 1. The minimum Gasteiger partial charge on any atom is -0.461 e. The fourth-order valence-corrected chi connectivity index (χ4v) is 6.77. The van der Waals surface area contributed by atoms with Crippen molar-refractivity contribution < 1.29 is 12.8 Å². The second-order valence-electron chi connectivity index (χ2n) is 8.47. The highest BCUT2D eigenvalue weighted by Gasteiger charge is 2.25. The van der Waals surface area contributed by atoms with E-state index < -0.39 is 10.0 Å². The Hall–Kier alpha value is -2.64. The third kappa shape index (κ3) is 3.84. The molecule has 5 rings (SSSR count). The van der Waals surface area contributed by atoms with Gasteiger partial charge in [0.05, 0.1) is 10.6 Å². The molecular weight excluding hydrogens is 440 g/mol. The minimum atomic E-state index is -3.81. The van der Waals surface area contributed by atoms with Crippen molar-refractivity contribution in [2.75, 3.05) is 0 Å². The first-order chi connectivity index (χ1) is 15.4. The van der Waals surface area contributed by atoms with Crippen LogP contribution >= 0.6 is 11.3 Å². The third-order valence-corrected chi connectivity index (χ3v) is 8.46. The lowest BCUT2D eigenvalue weighted by Gasteiger charge is -2.25. The van der Waals surface area contributed by atoms with Crippen molar-refractivity contribution in [3.8, 4) is 11.3 Å². The molecule has 7 heteroatoms. The van der Waals surface area contributed by atoms with Crippen LogP contribution in [0.2, 0.25) is 0 Å². The van der Waals surface area contributed by atoms with E-state index in [2.05, 4.69) is 15.0 Å². The zero-order chi connectivity index (χ0) is 22.3. The summed E-state index contributed by atoms with van der Waals surface area (Å²) >= 11 is 1.39. The van der Waals surface area contributed by atoms with Gasteiger partial charge in [0.15, 0.2) is 0 Å². The molecule has 0 N–H and O–H groups in total. The Kier molecular flexibility index (Phi) is 5.55. The molecule has 1 aliphatic carbocycles. The van der Waals surface area contributed by atoms with Crippen LogP contribution in [0.3, 0.4) is 0 Å². The van der Waals surface area contributed by atoms with Gasteiger partial charge < -0.3 is 8.98 Å². The summed E-state index contributed by atoms with van der Waals surface area (Å²) in [5.74, 6) is 0.835. The van der Waals surface area contributed by atoms with Crippen molar-refractivity contribution in [1.29, 1.82) is 0 Å². The largest absolute Gasteiger partial charge is 0.461 e. The molecule has 0 unspecified atom stereocenters. The maximum Gasteiger partial charge on any atom is 0.285 e. The van der Waals surface area contributed by atoms with Gasteiger partial charge in [-0.1, -0.05) is 55.2 Å². The summed E-state index contributed by atoms with van der Waals surface area (Å²) in [7, 11) is -3.81. The second-order valence-corrected chi connectivity index (χ2v) is 10.9. The maximum absolute atomic E-state index is 13.1. The lowest BCUT2D eigenvalue weighted by atomic mass is 9.94. The Morgan fingerprint density at radius 3 is 2.47 bits per heavy atom. The van der Waals surface area contributed by atoms with Crippen molar-refractivity contribution in [2.45, 2.75) is 56.9 Å². The van der Waals surface area contributed by atoms with Crippen LogP contribution in [0.15, 0.2) is 67.6 Å². The molecule has 2 aromatic heterocycles. The fraction of sp³-hybridized carbons (Fsp3) is 0.320. The quantitative estimate of drug-likeness (QED) is 0.351. The average molecular weight is 467 g/mol. The van der Waals surface area contributed by atoms with Gasteiger partial charge in [-0.25, -0.2) is 0 Å². The number of furan rings is 1. The van der Waals surface area contributed by atoms with Crippen LogP contribution in [-0.4, -0.2) is 13.0 Å². The van der Waals surface area contributed by atoms with Gasteiger partial charge in [-0.05, 0) is 44.9 Å². The van der Waals surface area contributed by atoms with E-state index in [-0.39, 0.29) is 10.9 Å². The van der Waals surface area contributed by atoms with Crippen LogP contribution < -0.4 is 4.80 Å². The van der Waals surface area contributed by atoms with Crippen molar-refractivity contribution >= 4 is 32.3 Å². The standard InChI is InChI=1S/C25H26N2O3S2/c1-17-12-14-20(15-13-17)32(28,29)26-25-27(19-8-4-3-5-9-19)22(16-31-25)24-18(2)30-23-11-7-6-10-21(23)24/h6-7,10-16,19H,3-5,8-9H2,1-2H3. The molecule has 0 bridgehead atoms. The second kappa shape index (κ2) is 8.37. The number of hydrogen-bond acceptors (Lipinski definition) is 4. The van der Waals surface area contributed by atoms with E-state index >= 15 is 0 Å². The van der Waals surface area contributed by atoms with Gasteiger partial charge in [-0.3, -0.25) is 0 Å². The number of nitrogens with zero attached hydrogens (tertiary/aromatic N) is 2. The molecule has 0 saturated heterocycles. The Bertz CT molecular complexity index is 1430. The van der Waals surface area contributed by atoms with Crippen molar-refractivity contribution in [2.24, 2.45) is 4.40 Å². The van der Waals surface area contributed by atoms with Crippen LogP contribution in [0.25, 0.3) is 22.2 Å². The topological polar surface area (TPSA) is 64.6 Å². The normalized spacial score (nSPS) is 16.1. The summed E-state index contributed by atoms with van der Waals surface area (Å²) in [6.07, 6.45) is 5.55. The molecule has 0 spiro atoms. The molecule has 2 heterocycles. The van der Waals surface area contributed by atoms with Gasteiger partial charge in [0, 0.05) is 22.4 Å². The average Bonchev–Trinajstić information content (AvgIpc) is 3.33. The van der Waals surface area contributed by atoms with E-state index in [1.165, 1.54) is 17.8 Å². The summed E-state index contributed by atoms with van der Waals surface area (Å²) in [4.78, 5) is 0.746. The maximum atomic E-state index is 13.1. The zero-order valence-electron chi connectivity index (χ0n) is 18.2. The summed E-state index contributed by atoms with van der Waals surface area (Å²) in [5.41, 5.74) is 3.87. The summed E-state index contributed by atoms with van der Waals surface area (Å²) in [5, 5.41) is 3.07. The van der Waals surface area contributed by atoms with E-state index in [0.717, 1.165) is 59.2 Å². The van der Waals surface area contributed by atoms with E-state index in [1.54, 1.807) is 24.3 Å². The van der Waals surface area contributed by atoms with E-state index in [4.69, 9.17) is 4.42 Å². The molecule has 0 radical (unpaired) electrons. The smallest absolute Gasteiger partial charge is 0.285 e. The highest BCUT2D eigenvalue weighted by Crippen LogP contribution is 2.38. The van der Waals surface area contributed by atoms with Gasteiger partial charge in [-0.15, -0.1) is 15.7 Å². The van der Waals surface area contributed by atoms with Gasteiger partial charge >= 0.3 is 0 Å². The monoisotopic (exact) mass is 466 g/mol. The molecular formula is C25H26N2O3S2. The zero-order valence-corrected chi connectivity index (χ0v) is 19.9. The van der Waals surface area contributed by atoms with Crippen molar-refractivity contribution in [3.05, 3.63) is 70.0 Å². The Morgan fingerprint density at radius 2 is 1.72 bits per heavy atom. The number of benzene rings is 2. The first-order valence-corrected chi connectivity index (χ1v) is 13.3. The molecule has 2 aromatic carbocycles. The number of aryl methyl sites for hydroxylation is 2. The Morgan fingerprint density at radius 1 is 1.00 bits per heavy atom. The third-order valence-electron chi connectivity index (χ3n) is 6.23. The van der Waals surface area contributed by atoms with Gasteiger partial charge in [0.2, 0.25) is 4.80 Å². The molecule has 32 heavy (non-hydrogen) atoms. The fourth-order valence-electron chi connectivity index (χ4n) is 4.61. The highest BCUT2D eigenvalue weighted by molar-refractivity contribution is 7.90. The molecule has 0 aliphatic heterocycles. The van der Waals surface area contributed by atoms with Gasteiger partial charge in [-0.2, -0.15) is 8.42 Å². The number of hydrogen-bond donors (Lipinski definition) is 0. The highest BCUT2D eigenvalue weighted by atomic mass is 32.2. The number of fused-ring (bicyclic) bond motifs is 1. The van der Waals surface area contributed by atoms with Crippen molar-refractivity contribution in [3.63, 3.8) is 0 Å². The number of rotatable bonds is 4. The summed E-state index contributed by atoms with van der Waals surface area (Å²) < 4.78 is 38.8. The first-order valence-electron chi connectivity index (χ1n) is 11.0. The molecule has 166 valence electrons. The predicted molar refractivity (Wildman–Crippen MR) is 128 cm³/mol. The molecule has 1 fully saturated rings. The van der Waals surface area contributed by atoms with E-state index in [1.807, 2.05) is 37.4 Å². The van der Waals surface area contributed by atoms with Crippen LogP contribution in [0.1, 0.15) is 49.5 Å². The summed E-state index contributed by atoms with van der Waals surface area (Å²) in [6, 6.07) is 15.1. The van der Waals surface area contributed by atoms with Crippen molar-refractivity contribution in [1.82, 2.24) is 4.57 Å². The number of thiazole rings is 1. The SMILES string of the molecule is Cc1ccc(S(=O)(=O)N=c2scc(-c3c(C)oc4ccccc34)n2C2CCCCC2)cc1. The molecule has 5 nitrogen and oxygen atoms in total. The summed E-state index contributed by atoms with van der Waals surface area (Å²) in [6.45, 7) is 3.91.